The van der Waals surface area contributed by atoms with Gasteiger partial charge in [0, 0.05) is 16.9 Å². The van der Waals surface area contributed by atoms with Gasteiger partial charge in [-0.2, -0.15) is 0 Å². The standard InChI is InChI=1S/C13H17N3S2/c1-14-9-5-8-12-15-16-13(18-12)10-6-3-4-7-11(10)17-2/h3-4,6-7,14H,5,8-9H2,1-2H3. The number of nitrogens with one attached hydrogen (secondary N) is 1. The Bertz CT molecular complexity index is 496. The Hall–Kier alpha value is -0.910. The van der Waals surface area contributed by atoms with Gasteiger partial charge in [-0.15, -0.1) is 22.0 Å². The molecule has 0 amide bonds. The highest BCUT2D eigenvalue weighted by Crippen LogP contribution is 2.31. The number of thioether (sulfide) groups is 1. The van der Waals surface area contributed by atoms with Crippen LogP contribution in [0.25, 0.3) is 10.6 Å². The van der Waals surface area contributed by atoms with Gasteiger partial charge in [-0.3, -0.25) is 0 Å². The lowest BCUT2D eigenvalue weighted by molar-refractivity contribution is 0.718. The van der Waals surface area contributed by atoms with Crippen molar-refractivity contribution in [2.45, 2.75) is 17.7 Å². The van der Waals surface area contributed by atoms with Crippen molar-refractivity contribution in [1.29, 1.82) is 0 Å². The maximum absolute atomic E-state index is 4.31. The van der Waals surface area contributed by atoms with E-state index in [-0.39, 0.29) is 0 Å². The number of hydrogen-bond acceptors (Lipinski definition) is 5. The second-order valence-electron chi connectivity index (χ2n) is 3.91. The van der Waals surface area contributed by atoms with E-state index in [4.69, 9.17) is 0 Å². The predicted molar refractivity (Wildman–Crippen MR) is 79.4 cm³/mol. The molecule has 0 unspecified atom stereocenters. The van der Waals surface area contributed by atoms with Crippen LogP contribution in [0.15, 0.2) is 29.2 Å². The minimum absolute atomic E-state index is 1.000. The number of benzene rings is 1. The third-order valence-electron chi connectivity index (χ3n) is 2.62. The van der Waals surface area contributed by atoms with Crippen LogP contribution in [0.1, 0.15) is 11.4 Å². The van der Waals surface area contributed by atoms with E-state index in [1.807, 2.05) is 7.05 Å². The predicted octanol–water partition coefficient (Wildman–Crippen LogP) is 3.08. The molecule has 0 fully saturated rings. The molecular weight excluding hydrogens is 262 g/mol. The molecule has 1 N–H and O–H groups in total. The zero-order valence-corrected chi connectivity index (χ0v) is 12.3. The van der Waals surface area contributed by atoms with Crippen molar-refractivity contribution in [3.05, 3.63) is 29.3 Å². The average Bonchev–Trinajstić information content (AvgIpc) is 2.88. The van der Waals surface area contributed by atoms with Crippen LogP contribution in [0, 0.1) is 0 Å². The van der Waals surface area contributed by atoms with Gasteiger partial charge < -0.3 is 5.32 Å². The molecule has 0 saturated carbocycles. The molecule has 2 rings (SSSR count). The van der Waals surface area contributed by atoms with Gasteiger partial charge in [0.05, 0.1) is 0 Å². The van der Waals surface area contributed by atoms with Crippen molar-refractivity contribution in [3.8, 4) is 10.6 Å². The Morgan fingerprint density at radius 1 is 1.28 bits per heavy atom. The van der Waals surface area contributed by atoms with Crippen molar-refractivity contribution in [3.63, 3.8) is 0 Å². The zero-order valence-electron chi connectivity index (χ0n) is 10.6. The minimum Gasteiger partial charge on any atom is -0.320 e. The molecule has 2 aromatic rings. The van der Waals surface area contributed by atoms with E-state index in [0.29, 0.717) is 0 Å². The largest absolute Gasteiger partial charge is 0.320 e. The third-order valence-corrected chi connectivity index (χ3v) is 4.43. The van der Waals surface area contributed by atoms with Gasteiger partial charge in [-0.05, 0) is 32.3 Å². The molecule has 5 heteroatoms. The molecule has 0 spiro atoms. The first-order valence-corrected chi connectivity index (χ1v) is 7.99. The Labute approximate surface area is 116 Å². The van der Waals surface area contributed by atoms with Crippen LogP contribution < -0.4 is 5.32 Å². The summed E-state index contributed by atoms with van der Waals surface area (Å²) in [4.78, 5) is 1.26. The smallest absolute Gasteiger partial charge is 0.148 e. The number of rotatable bonds is 6. The highest BCUT2D eigenvalue weighted by atomic mass is 32.2. The summed E-state index contributed by atoms with van der Waals surface area (Å²) in [7, 11) is 1.97. The van der Waals surface area contributed by atoms with Crippen molar-refractivity contribution in [2.75, 3.05) is 19.8 Å². The quantitative estimate of drug-likeness (QED) is 0.651. The summed E-state index contributed by atoms with van der Waals surface area (Å²) in [6, 6.07) is 8.35. The van der Waals surface area contributed by atoms with Crippen molar-refractivity contribution >= 4 is 23.1 Å². The van der Waals surface area contributed by atoms with Gasteiger partial charge in [-0.25, -0.2) is 0 Å². The fourth-order valence-electron chi connectivity index (χ4n) is 1.70. The zero-order chi connectivity index (χ0) is 12.8. The summed E-state index contributed by atoms with van der Waals surface area (Å²) in [5.74, 6) is 0. The van der Waals surface area contributed by atoms with Crippen LogP contribution in [-0.4, -0.2) is 30.0 Å². The topological polar surface area (TPSA) is 37.8 Å². The molecule has 0 aliphatic carbocycles. The van der Waals surface area contributed by atoms with Gasteiger partial charge in [0.15, 0.2) is 0 Å². The van der Waals surface area contributed by atoms with E-state index >= 15 is 0 Å². The molecule has 0 saturated heterocycles. The van der Waals surface area contributed by atoms with Gasteiger partial charge >= 0.3 is 0 Å². The molecule has 18 heavy (non-hydrogen) atoms. The van der Waals surface area contributed by atoms with Crippen LogP contribution in [0.3, 0.4) is 0 Å². The van der Waals surface area contributed by atoms with E-state index in [1.165, 1.54) is 10.5 Å². The fraction of sp³-hybridized carbons (Fsp3) is 0.385. The second kappa shape index (κ2) is 6.87. The summed E-state index contributed by atoms with van der Waals surface area (Å²) in [6.45, 7) is 1.02. The molecule has 0 bridgehead atoms. The van der Waals surface area contributed by atoms with E-state index < -0.39 is 0 Å². The third kappa shape index (κ3) is 3.31. The molecule has 0 aliphatic heterocycles. The van der Waals surface area contributed by atoms with Crippen LogP contribution in [-0.2, 0) is 6.42 Å². The average molecular weight is 279 g/mol. The van der Waals surface area contributed by atoms with E-state index in [1.54, 1.807) is 23.1 Å². The molecule has 96 valence electrons. The van der Waals surface area contributed by atoms with Gasteiger partial charge in [-0.1, -0.05) is 29.5 Å². The maximum Gasteiger partial charge on any atom is 0.148 e. The molecular formula is C13H17N3S2. The van der Waals surface area contributed by atoms with Crippen LogP contribution in [0.5, 0.6) is 0 Å². The first-order valence-electron chi connectivity index (χ1n) is 5.95. The first kappa shape index (κ1) is 13.5. The van der Waals surface area contributed by atoms with Crippen molar-refractivity contribution in [2.24, 2.45) is 0 Å². The monoisotopic (exact) mass is 279 g/mol. The normalized spacial score (nSPS) is 10.8. The number of hydrogen-bond donors (Lipinski definition) is 1. The fourth-order valence-corrected chi connectivity index (χ4v) is 3.29. The van der Waals surface area contributed by atoms with Crippen LogP contribution in [0.2, 0.25) is 0 Å². The van der Waals surface area contributed by atoms with Crippen molar-refractivity contribution < 1.29 is 0 Å². The minimum atomic E-state index is 1.000. The summed E-state index contributed by atoms with van der Waals surface area (Å²) >= 11 is 3.45. The Morgan fingerprint density at radius 3 is 2.89 bits per heavy atom. The van der Waals surface area contributed by atoms with E-state index in [0.717, 1.165) is 29.4 Å². The number of aromatic nitrogens is 2. The first-order chi connectivity index (χ1) is 8.85. The summed E-state index contributed by atoms with van der Waals surface area (Å²) < 4.78 is 0. The van der Waals surface area contributed by atoms with Gasteiger partial charge in [0.2, 0.25) is 0 Å². The summed E-state index contributed by atoms with van der Waals surface area (Å²) in [6.07, 6.45) is 4.20. The molecule has 3 nitrogen and oxygen atoms in total. The van der Waals surface area contributed by atoms with Gasteiger partial charge in [0.25, 0.3) is 0 Å². The molecule has 0 aliphatic rings. The summed E-state index contributed by atoms with van der Waals surface area (Å²) in [5, 5.41) is 13.9. The Kier molecular flexibility index (Phi) is 5.16. The second-order valence-corrected chi connectivity index (χ2v) is 5.82. The highest BCUT2D eigenvalue weighted by molar-refractivity contribution is 7.98. The van der Waals surface area contributed by atoms with Crippen molar-refractivity contribution in [1.82, 2.24) is 15.5 Å². The van der Waals surface area contributed by atoms with Gasteiger partial charge in [0.1, 0.15) is 10.0 Å². The van der Waals surface area contributed by atoms with E-state index in [2.05, 4.69) is 46.0 Å². The molecule has 1 aromatic heterocycles. The van der Waals surface area contributed by atoms with Crippen LogP contribution >= 0.6 is 23.1 Å². The Morgan fingerprint density at radius 2 is 2.11 bits per heavy atom. The number of nitrogens with zero attached hydrogens (tertiary/aromatic N) is 2. The molecule has 1 heterocycles. The Balaban J connectivity index is 2.13. The number of aryl methyl sites for hydroxylation is 1. The molecule has 1 aromatic carbocycles. The SMILES string of the molecule is CNCCCc1nnc(-c2ccccc2SC)s1. The maximum atomic E-state index is 4.31. The van der Waals surface area contributed by atoms with E-state index in [9.17, 15) is 0 Å². The summed E-state index contributed by atoms with van der Waals surface area (Å²) in [5.41, 5.74) is 1.20. The van der Waals surface area contributed by atoms with Crippen LogP contribution in [0.4, 0.5) is 0 Å². The lowest BCUT2D eigenvalue weighted by Gasteiger charge is -2.01. The highest BCUT2D eigenvalue weighted by Gasteiger charge is 2.09. The molecule has 0 atom stereocenters. The lowest BCUT2D eigenvalue weighted by atomic mass is 10.2. The lowest BCUT2D eigenvalue weighted by Crippen LogP contribution is -2.08. The molecule has 0 radical (unpaired) electrons.